The van der Waals surface area contributed by atoms with E-state index in [2.05, 4.69) is 0 Å². The average molecular weight is 238 g/mol. The van der Waals surface area contributed by atoms with Crippen molar-refractivity contribution in [1.29, 1.82) is 0 Å². The second-order valence-corrected chi connectivity index (χ2v) is 4.09. The monoisotopic (exact) mass is 238 g/mol. The predicted molar refractivity (Wildman–Crippen MR) is 73.1 cm³/mol. The summed E-state index contributed by atoms with van der Waals surface area (Å²) in [6.45, 7) is 1.97. The lowest BCUT2D eigenvalue weighted by Crippen LogP contribution is -1.99. The lowest BCUT2D eigenvalue weighted by molar-refractivity contribution is -0.130. The van der Waals surface area contributed by atoms with Crippen molar-refractivity contribution in [2.75, 3.05) is 0 Å². The standard InChI is InChI=1S/C16H14O2/c1-12-7-5-6-10-14(12)11-15(16(17)18)13-8-3-2-4-9-13/h2-11H,1H3,(H,17,18)/b15-11-. The van der Waals surface area contributed by atoms with E-state index in [0.29, 0.717) is 11.1 Å². The zero-order valence-electron chi connectivity index (χ0n) is 10.1. The van der Waals surface area contributed by atoms with E-state index in [9.17, 15) is 9.90 Å². The molecule has 2 aromatic rings. The molecular formula is C16H14O2. The summed E-state index contributed by atoms with van der Waals surface area (Å²) in [7, 11) is 0. The molecule has 0 aliphatic heterocycles. The van der Waals surface area contributed by atoms with Gasteiger partial charge in [-0.1, -0.05) is 54.6 Å². The Labute approximate surface area is 106 Å². The first kappa shape index (κ1) is 12.1. The van der Waals surface area contributed by atoms with E-state index in [1.165, 1.54) is 0 Å². The van der Waals surface area contributed by atoms with Crippen molar-refractivity contribution in [3.05, 3.63) is 71.3 Å². The summed E-state index contributed by atoms with van der Waals surface area (Å²) < 4.78 is 0. The Morgan fingerprint density at radius 2 is 1.61 bits per heavy atom. The number of carboxylic acids is 1. The summed E-state index contributed by atoms with van der Waals surface area (Å²) in [4.78, 5) is 11.3. The highest BCUT2D eigenvalue weighted by Crippen LogP contribution is 2.20. The molecule has 0 saturated heterocycles. The average Bonchev–Trinajstić information content (AvgIpc) is 2.38. The van der Waals surface area contributed by atoms with Crippen LogP contribution in [0.3, 0.4) is 0 Å². The molecule has 0 aliphatic carbocycles. The Kier molecular flexibility index (Phi) is 3.58. The van der Waals surface area contributed by atoms with E-state index in [1.807, 2.05) is 49.4 Å². The Morgan fingerprint density at radius 1 is 1.00 bits per heavy atom. The highest BCUT2D eigenvalue weighted by Gasteiger charge is 2.10. The molecule has 0 unspecified atom stereocenters. The fourth-order valence-electron chi connectivity index (χ4n) is 1.79. The number of carbonyl (C=O) groups is 1. The van der Waals surface area contributed by atoms with E-state index < -0.39 is 5.97 Å². The van der Waals surface area contributed by atoms with Gasteiger partial charge in [-0.3, -0.25) is 0 Å². The van der Waals surface area contributed by atoms with E-state index in [0.717, 1.165) is 11.1 Å². The van der Waals surface area contributed by atoms with Crippen molar-refractivity contribution in [2.45, 2.75) is 6.92 Å². The van der Waals surface area contributed by atoms with Crippen LogP contribution in [0, 0.1) is 6.92 Å². The van der Waals surface area contributed by atoms with E-state index in [4.69, 9.17) is 0 Å². The molecule has 0 spiro atoms. The first-order chi connectivity index (χ1) is 8.68. The molecule has 90 valence electrons. The van der Waals surface area contributed by atoms with Crippen LogP contribution in [-0.4, -0.2) is 11.1 Å². The summed E-state index contributed by atoms with van der Waals surface area (Å²) in [5.41, 5.74) is 3.02. The van der Waals surface area contributed by atoms with Gasteiger partial charge in [-0.2, -0.15) is 0 Å². The molecule has 2 aromatic carbocycles. The molecule has 0 heterocycles. The Bertz CT molecular complexity index is 583. The van der Waals surface area contributed by atoms with Gasteiger partial charge in [0.15, 0.2) is 0 Å². The van der Waals surface area contributed by atoms with E-state index >= 15 is 0 Å². The van der Waals surface area contributed by atoms with Gasteiger partial charge in [-0.25, -0.2) is 4.79 Å². The third kappa shape index (κ3) is 2.66. The molecule has 0 radical (unpaired) electrons. The van der Waals surface area contributed by atoms with Crippen molar-refractivity contribution in [2.24, 2.45) is 0 Å². The number of aliphatic carboxylic acids is 1. The van der Waals surface area contributed by atoms with Crippen molar-refractivity contribution in [1.82, 2.24) is 0 Å². The Morgan fingerprint density at radius 3 is 2.22 bits per heavy atom. The first-order valence-electron chi connectivity index (χ1n) is 5.74. The van der Waals surface area contributed by atoms with Gasteiger partial charge in [-0.05, 0) is 29.7 Å². The molecule has 0 saturated carbocycles. The summed E-state index contributed by atoms with van der Waals surface area (Å²) in [6, 6.07) is 16.9. The molecule has 18 heavy (non-hydrogen) atoms. The molecule has 0 aliphatic rings. The van der Waals surface area contributed by atoms with Gasteiger partial charge in [-0.15, -0.1) is 0 Å². The maximum Gasteiger partial charge on any atom is 0.336 e. The zero-order valence-corrected chi connectivity index (χ0v) is 10.1. The van der Waals surface area contributed by atoms with E-state index in [-0.39, 0.29) is 0 Å². The molecule has 2 rings (SSSR count). The normalized spacial score (nSPS) is 11.3. The second-order valence-electron chi connectivity index (χ2n) is 4.09. The van der Waals surface area contributed by atoms with Crippen LogP contribution in [0.5, 0.6) is 0 Å². The molecule has 2 heteroatoms. The molecular weight excluding hydrogens is 224 g/mol. The molecule has 0 aromatic heterocycles. The molecule has 0 amide bonds. The van der Waals surface area contributed by atoms with Crippen LogP contribution in [0.2, 0.25) is 0 Å². The van der Waals surface area contributed by atoms with Crippen molar-refractivity contribution in [3.8, 4) is 0 Å². The maximum absolute atomic E-state index is 11.3. The van der Waals surface area contributed by atoms with Gasteiger partial charge in [0, 0.05) is 0 Å². The van der Waals surface area contributed by atoms with Crippen LogP contribution in [0.1, 0.15) is 16.7 Å². The maximum atomic E-state index is 11.3. The highest BCUT2D eigenvalue weighted by molar-refractivity contribution is 6.20. The lowest BCUT2D eigenvalue weighted by Gasteiger charge is -2.04. The third-order valence-electron chi connectivity index (χ3n) is 2.80. The number of carboxylic acid groups (broad SMARTS) is 1. The van der Waals surface area contributed by atoms with Gasteiger partial charge >= 0.3 is 5.97 Å². The fourth-order valence-corrected chi connectivity index (χ4v) is 1.79. The van der Waals surface area contributed by atoms with E-state index in [1.54, 1.807) is 18.2 Å². The minimum atomic E-state index is -0.913. The number of rotatable bonds is 3. The van der Waals surface area contributed by atoms with Crippen LogP contribution in [0.15, 0.2) is 54.6 Å². The molecule has 0 fully saturated rings. The smallest absolute Gasteiger partial charge is 0.336 e. The van der Waals surface area contributed by atoms with Gasteiger partial charge in [0.25, 0.3) is 0 Å². The van der Waals surface area contributed by atoms with Gasteiger partial charge in [0.2, 0.25) is 0 Å². The Hall–Kier alpha value is -2.35. The predicted octanol–water partition coefficient (Wildman–Crippen LogP) is 3.62. The van der Waals surface area contributed by atoms with Crippen LogP contribution in [0.25, 0.3) is 11.6 Å². The van der Waals surface area contributed by atoms with Crippen molar-refractivity contribution < 1.29 is 9.90 Å². The topological polar surface area (TPSA) is 37.3 Å². The molecule has 0 bridgehead atoms. The van der Waals surface area contributed by atoms with Crippen molar-refractivity contribution in [3.63, 3.8) is 0 Å². The van der Waals surface area contributed by atoms with Gasteiger partial charge < -0.3 is 5.11 Å². The number of benzene rings is 2. The van der Waals surface area contributed by atoms with Crippen LogP contribution < -0.4 is 0 Å². The number of hydrogen-bond donors (Lipinski definition) is 1. The van der Waals surface area contributed by atoms with Crippen molar-refractivity contribution >= 4 is 17.6 Å². The molecule has 2 nitrogen and oxygen atoms in total. The van der Waals surface area contributed by atoms with Gasteiger partial charge in [0.05, 0.1) is 5.57 Å². The van der Waals surface area contributed by atoms with Crippen LogP contribution in [0.4, 0.5) is 0 Å². The molecule has 1 N–H and O–H groups in total. The Balaban J connectivity index is 2.50. The van der Waals surface area contributed by atoms with Crippen LogP contribution >= 0.6 is 0 Å². The fraction of sp³-hybridized carbons (Fsp3) is 0.0625. The van der Waals surface area contributed by atoms with Crippen LogP contribution in [-0.2, 0) is 4.79 Å². The molecule has 0 atom stereocenters. The number of aryl methyl sites for hydroxylation is 1. The summed E-state index contributed by atoms with van der Waals surface area (Å²) in [5.74, 6) is -0.913. The van der Waals surface area contributed by atoms with Gasteiger partial charge in [0.1, 0.15) is 0 Å². The summed E-state index contributed by atoms with van der Waals surface area (Å²) in [6.07, 6.45) is 1.72. The second kappa shape index (κ2) is 5.32. The largest absolute Gasteiger partial charge is 0.478 e. The summed E-state index contributed by atoms with van der Waals surface area (Å²) in [5, 5.41) is 9.31. The SMILES string of the molecule is Cc1ccccc1/C=C(\C(=O)O)c1ccccc1. The quantitative estimate of drug-likeness (QED) is 0.655. The highest BCUT2D eigenvalue weighted by atomic mass is 16.4. The zero-order chi connectivity index (χ0) is 13.0. The minimum absolute atomic E-state index is 0.310. The minimum Gasteiger partial charge on any atom is -0.478 e. The third-order valence-corrected chi connectivity index (χ3v) is 2.80. The summed E-state index contributed by atoms with van der Waals surface area (Å²) >= 11 is 0. The number of hydrogen-bond acceptors (Lipinski definition) is 1. The first-order valence-corrected chi connectivity index (χ1v) is 5.74. The lowest BCUT2D eigenvalue weighted by atomic mass is 10.0.